The normalized spacial score (nSPS) is 40.2. The Hall–Kier alpha value is -0.690. The van der Waals surface area contributed by atoms with Gasteiger partial charge in [0.1, 0.15) is 18.3 Å². The summed E-state index contributed by atoms with van der Waals surface area (Å²) in [6.45, 7) is -0.196. The topological polar surface area (TPSA) is 96.2 Å². The van der Waals surface area contributed by atoms with Gasteiger partial charge >= 0.3 is 5.97 Å². The zero-order valence-electron chi connectivity index (χ0n) is 7.08. The number of aliphatic carboxylic acids is 1. The molecule has 1 heterocycles. The van der Waals surface area contributed by atoms with Crippen LogP contribution in [0.15, 0.2) is 0 Å². The summed E-state index contributed by atoms with van der Waals surface area (Å²) in [7, 11) is 1.26. The molecule has 0 amide bonds. The first kappa shape index (κ1) is 10.4. The van der Waals surface area contributed by atoms with E-state index in [0.717, 1.165) is 0 Å². The van der Waals surface area contributed by atoms with Gasteiger partial charge in [0.25, 0.3) is 0 Å². The molecule has 0 spiro atoms. The Balaban J connectivity index is 2.71. The number of carbonyl (C=O) groups is 1. The highest BCUT2D eigenvalue weighted by atomic mass is 16.6. The van der Waals surface area contributed by atoms with Gasteiger partial charge < -0.3 is 24.8 Å². The predicted molar refractivity (Wildman–Crippen MR) is 40.2 cm³/mol. The SMILES string of the molecule is CO[C@H]1[C@H](O)[C@H](O)CO[C@@H]1C(=O)O. The fraction of sp³-hybridized carbons (Fsp3) is 0.857. The Labute approximate surface area is 74.7 Å². The molecule has 0 radical (unpaired) electrons. The van der Waals surface area contributed by atoms with Crippen molar-refractivity contribution in [2.45, 2.75) is 24.4 Å². The molecule has 0 unspecified atom stereocenters. The summed E-state index contributed by atoms with van der Waals surface area (Å²) in [5.41, 5.74) is 0. The zero-order valence-corrected chi connectivity index (χ0v) is 7.08. The molecule has 0 aromatic carbocycles. The van der Waals surface area contributed by atoms with Crippen molar-refractivity contribution in [2.75, 3.05) is 13.7 Å². The van der Waals surface area contributed by atoms with Gasteiger partial charge in [0.2, 0.25) is 0 Å². The maximum Gasteiger partial charge on any atom is 0.335 e. The second-order valence-corrected chi connectivity index (χ2v) is 2.85. The van der Waals surface area contributed by atoms with E-state index in [1.807, 2.05) is 0 Å². The van der Waals surface area contributed by atoms with Crippen LogP contribution in [0.4, 0.5) is 0 Å². The van der Waals surface area contributed by atoms with Gasteiger partial charge in [-0.1, -0.05) is 0 Å². The molecule has 1 fully saturated rings. The molecule has 1 rings (SSSR count). The fourth-order valence-electron chi connectivity index (χ4n) is 1.27. The minimum Gasteiger partial charge on any atom is -0.479 e. The summed E-state index contributed by atoms with van der Waals surface area (Å²) < 4.78 is 9.52. The standard InChI is InChI=1S/C7H12O6/c1-12-5-4(9)3(8)2-13-6(5)7(10)11/h3-6,8-9H,2H2,1H3,(H,10,11)/t3-,4-,5+,6+/m1/s1. The molecular weight excluding hydrogens is 180 g/mol. The van der Waals surface area contributed by atoms with E-state index in [1.165, 1.54) is 7.11 Å². The average Bonchev–Trinajstić information content (AvgIpc) is 2.09. The van der Waals surface area contributed by atoms with Crippen LogP contribution in [0.1, 0.15) is 0 Å². The molecule has 6 heteroatoms. The predicted octanol–water partition coefficient (Wildman–Crippen LogP) is -1.79. The molecule has 1 aliphatic heterocycles. The van der Waals surface area contributed by atoms with Gasteiger partial charge in [-0.25, -0.2) is 4.79 Å². The van der Waals surface area contributed by atoms with Gasteiger partial charge in [-0.2, -0.15) is 0 Å². The van der Waals surface area contributed by atoms with Gasteiger partial charge in [0.05, 0.1) is 6.61 Å². The van der Waals surface area contributed by atoms with Crippen LogP contribution in [0.25, 0.3) is 0 Å². The van der Waals surface area contributed by atoms with E-state index in [9.17, 15) is 9.90 Å². The first-order valence-corrected chi connectivity index (χ1v) is 3.81. The molecule has 0 saturated carbocycles. The Morgan fingerprint density at radius 3 is 2.62 bits per heavy atom. The van der Waals surface area contributed by atoms with Gasteiger partial charge in [-0.15, -0.1) is 0 Å². The number of ether oxygens (including phenoxy) is 2. The summed E-state index contributed by atoms with van der Waals surface area (Å²) in [5, 5.41) is 27.1. The van der Waals surface area contributed by atoms with E-state index >= 15 is 0 Å². The monoisotopic (exact) mass is 192 g/mol. The molecular formula is C7H12O6. The Kier molecular flexibility index (Phi) is 3.21. The molecule has 0 aromatic heterocycles. The highest BCUT2D eigenvalue weighted by Gasteiger charge is 2.42. The zero-order chi connectivity index (χ0) is 10.0. The summed E-state index contributed by atoms with van der Waals surface area (Å²) in [6, 6.07) is 0. The number of aliphatic hydroxyl groups is 2. The van der Waals surface area contributed by atoms with E-state index in [2.05, 4.69) is 0 Å². The molecule has 76 valence electrons. The Morgan fingerprint density at radius 1 is 1.54 bits per heavy atom. The molecule has 4 atom stereocenters. The van der Waals surface area contributed by atoms with E-state index in [1.54, 1.807) is 0 Å². The van der Waals surface area contributed by atoms with Crippen LogP contribution < -0.4 is 0 Å². The van der Waals surface area contributed by atoms with E-state index < -0.39 is 30.4 Å². The summed E-state index contributed by atoms with van der Waals surface area (Å²) in [6.07, 6.45) is -4.56. The van der Waals surface area contributed by atoms with Crippen LogP contribution >= 0.6 is 0 Å². The van der Waals surface area contributed by atoms with Gasteiger partial charge in [0.15, 0.2) is 6.10 Å². The number of rotatable bonds is 2. The summed E-state index contributed by atoms with van der Waals surface area (Å²) in [5.74, 6) is -1.21. The van der Waals surface area contributed by atoms with Gasteiger partial charge in [-0.05, 0) is 0 Å². The van der Waals surface area contributed by atoms with Crippen molar-refractivity contribution in [1.82, 2.24) is 0 Å². The van der Waals surface area contributed by atoms with Crippen LogP contribution in [0.3, 0.4) is 0 Å². The quantitative estimate of drug-likeness (QED) is 0.478. The third-order valence-corrected chi connectivity index (χ3v) is 1.99. The maximum absolute atomic E-state index is 10.6. The van der Waals surface area contributed by atoms with Gasteiger partial charge in [-0.3, -0.25) is 0 Å². The number of hydrogen-bond acceptors (Lipinski definition) is 5. The van der Waals surface area contributed by atoms with Crippen molar-refractivity contribution in [2.24, 2.45) is 0 Å². The highest BCUT2D eigenvalue weighted by molar-refractivity contribution is 5.73. The van der Waals surface area contributed by atoms with Crippen molar-refractivity contribution in [1.29, 1.82) is 0 Å². The van der Waals surface area contributed by atoms with Gasteiger partial charge in [0, 0.05) is 7.11 Å². The first-order valence-electron chi connectivity index (χ1n) is 3.81. The molecule has 0 aliphatic carbocycles. The summed E-state index contributed by atoms with van der Waals surface area (Å²) in [4.78, 5) is 10.6. The van der Waals surface area contributed by atoms with Crippen molar-refractivity contribution in [3.05, 3.63) is 0 Å². The molecule has 0 aromatic rings. The highest BCUT2D eigenvalue weighted by Crippen LogP contribution is 2.18. The molecule has 1 aliphatic rings. The fourth-order valence-corrected chi connectivity index (χ4v) is 1.27. The van der Waals surface area contributed by atoms with Crippen LogP contribution in [0.2, 0.25) is 0 Å². The van der Waals surface area contributed by atoms with Crippen LogP contribution in [-0.4, -0.2) is 59.4 Å². The molecule has 13 heavy (non-hydrogen) atoms. The first-order chi connectivity index (χ1) is 6.07. The Morgan fingerprint density at radius 2 is 2.15 bits per heavy atom. The van der Waals surface area contributed by atoms with Crippen LogP contribution in [0.5, 0.6) is 0 Å². The number of aliphatic hydroxyl groups excluding tert-OH is 2. The van der Waals surface area contributed by atoms with Crippen molar-refractivity contribution >= 4 is 5.97 Å². The molecule has 1 saturated heterocycles. The average molecular weight is 192 g/mol. The largest absolute Gasteiger partial charge is 0.479 e. The lowest BCUT2D eigenvalue weighted by Crippen LogP contribution is -2.56. The maximum atomic E-state index is 10.6. The van der Waals surface area contributed by atoms with Crippen molar-refractivity contribution < 1.29 is 29.6 Å². The van der Waals surface area contributed by atoms with Crippen molar-refractivity contribution in [3.63, 3.8) is 0 Å². The van der Waals surface area contributed by atoms with Crippen molar-refractivity contribution in [3.8, 4) is 0 Å². The number of carboxylic acid groups (broad SMARTS) is 1. The number of hydrogen-bond donors (Lipinski definition) is 3. The molecule has 0 bridgehead atoms. The lowest BCUT2D eigenvalue weighted by Gasteiger charge is -2.35. The van der Waals surface area contributed by atoms with E-state index in [4.69, 9.17) is 19.7 Å². The Bertz CT molecular complexity index is 193. The third-order valence-electron chi connectivity index (χ3n) is 1.99. The third kappa shape index (κ3) is 1.97. The second kappa shape index (κ2) is 4.01. The molecule has 3 N–H and O–H groups in total. The minimum atomic E-state index is -1.22. The smallest absolute Gasteiger partial charge is 0.335 e. The van der Waals surface area contributed by atoms with E-state index in [-0.39, 0.29) is 6.61 Å². The van der Waals surface area contributed by atoms with E-state index in [0.29, 0.717) is 0 Å². The molecule has 6 nitrogen and oxygen atoms in total. The van der Waals surface area contributed by atoms with Crippen LogP contribution in [-0.2, 0) is 14.3 Å². The number of carboxylic acids is 1. The van der Waals surface area contributed by atoms with Crippen LogP contribution in [0, 0.1) is 0 Å². The lowest BCUT2D eigenvalue weighted by molar-refractivity contribution is -0.208. The summed E-state index contributed by atoms with van der Waals surface area (Å²) >= 11 is 0. The second-order valence-electron chi connectivity index (χ2n) is 2.85. The number of methoxy groups -OCH3 is 1. The lowest BCUT2D eigenvalue weighted by atomic mass is 10.00. The minimum absolute atomic E-state index is 0.196.